The second kappa shape index (κ2) is 5.66. The number of benzene rings is 2. The molecule has 128 valence electrons. The summed E-state index contributed by atoms with van der Waals surface area (Å²) in [6.45, 7) is 0. The average molecular weight is 343 g/mol. The summed E-state index contributed by atoms with van der Waals surface area (Å²) in [7, 11) is 0. The Hall–Kier alpha value is -3.21. The Balaban J connectivity index is 1.44. The monoisotopic (exact) mass is 343 g/mol. The van der Waals surface area contributed by atoms with Crippen molar-refractivity contribution >= 4 is 28.9 Å². The van der Waals surface area contributed by atoms with Gasteiger partial charge in [-0.05, 0) is 36.3 Å². The number of anilines is 2. The molecule has 0 spiro atoms. The van der Waals surface area contributed by atoms with Gasteiger partial charge >= 0.3 is 0 Å². The topological polar surface area (TPSA) is 53.0 Å². The third-order valence-corrected chi connectivity index (χ3v) is 5.30. The number of carbonyl (C=O) groups is 2. The van der Waals surface area contributed by atoms with Gasteiger partial charge in [0.1, 0.15) is 0 Å². The van der Waals surface area contributed by atoms with Crippen molar-refractivity contribution in [1.29, 1.82) is 0 Å². The molecule has 0 radical (unpaired) electrons. The zero-order chi connectivity index (χ0) is 17.7. The van der Waals surface area contributed by atoms with E-state index in [1.807, 2.05) is 66.9 Å². The molecule has 1 fully saturated rings. The van der Waals surface area contributed by atoms with E-state index in [0.717, 1.165) is 22.7 Å². The minimum atomic E-state index is -0.249. The Morgan fingerprint density at radius 1 is 0.769 bits per heavy atom. The first-order chi connectivity index (χ1) is 12.7. The molecule has 2 aromatic rings. The molecule has 5 rings (SSSR count). The predicted molar refractivity (Wildman–Crippen MR) is 99.6 cm³/mol. The molecule has 5 nitrogen and oxygen atoms in total. The zero-order valence-corrected chi connectivity index (χ0v) is 14.1. The fourth-order valence-corrected chi connectivity index (χ4v) is 3.97. The normalized spacial score (nSPS) is 24.3. The van der Waals surface area contributed by atoms with Crippen LogP contribution >= 0.6 is 0 Å². The number of fused-ring (bicyclic) bond motifs is 2. The lowest BCUT2D eigenvalue weighted by Gasteiger charge is -2.23. The number of nitrogens with zero attached hydrogens (tertiary/aromatic N) is 3. The van der Waals surface area contributed by atoms with E-state index in [0.29, 0.717) is 12.8 Å². The largest absolute Gasteiger partial charge is 0.287 e. The maximum absolute atomic E-state index is 12.9. The Morgan fingerprint density at radius 3 is 2.12 bits per heavy atom. The molecule has 1 saturated carbocycles. The maximum atomic E-state index is 12.9. The van der Waals surface area contributed by atoms with E-state index in [-0.39, 0.29) is 23.7 Å². The molecule has 0 N–H and O–H groups in total. The van der Waals surface area contributed by atoms with Crippen LogP contribution in [-0.4, -0.2) is 17.5 Å². The fourth-order valence-electron chi connectivity index (χ4n) is 3.97. The van der Waals surface area contributed by atoms with Crippen molar-refractivity contribution in [3.8, 4) is 0 Å². The van der Waals surface area contributed by atoms with Gasteiger partial charge in [-0.15, -0.1) is 0 Å². The molecule has 5 heteroatoms. The second-order valence-corrected chi connectivity index (χ2v) is 6.84. The summed E-state index contributed by atoms with van der Waals surface area (Å²) in [5.74, 6) is -0.385. The number of hydrogen-bond acceptors (Lipinski definition) is 3. The molecule has 26 heavy (non-hydrogen) atoms. The third-order valence-electron chi connectivity index (χ3n) is 5.30. The van der Waals surface area contributed by atoms with Gasteiger partial charge in [-0.3, -0.25) is 14.5 Å². The van der Waals surface area contributed by atoms with Gasteiger partial charge < -0.3 is 0 Å². The van der Waals surface area contributed by atoms with Gasteiger partial charge in [0.05, 0.1) is 23.2 Å². The average Bonchev–Trinajstić information content (AvgIpc) is 3.19. The Kier molecular flexibility index (Phi) is 3.28. The van der Waals surface area contributed by atoms with Gasteiger partial charge in [0, 0.05) is 18.3 Å². The fraction of sp³-hybridized carbons (Fsp3) is 0.190. The second-order valence-electron chi connectivity index (χ2n) is 6.84. The Morgan fingerprint density at radius 2 is 1.42 bits per heavy atom. The molecular weight excluding hydrogens is 326 g/mol. The van der Waals surface area contributed by atoms with E-state index in [9.17, 15) is 9.59 Å². The van der Waals surface area contributed by atoms with E-state index in [1.54, 1.807) is 4.90 Å². The van der Waals surface area contributed by atoms with Crippen LogP contribution in [0.5, 0.6) is 0 Å². The highest BCUT2D eigenvalue weighted by Crippen LogP contribution is 2.42. The summed E-state index contributed by atoms with van der Waals surface area (Å²) in [5.41, 5.74) is 3.50. The highest BCUT2D eigenvalue weighted by Gasteiger charge is 2.47. The van der Waals surface area contributed by atoms with Crippen LogP contribution in [0.1, 0.15) is 12.8 Å². The van der Waals surface area contributed by atoms with Crippen LogP contribution in [0.4, 0.5) is 11.4 Å². The van der Waals surface area contributed by atoms with Crippen molar-refractivity contribution in [3.63, 3.8) is 0 Å². The Labute approximate surface area is 151 Å². The lowest BCUT2D eigenvalue weighted by molar-refractivity contribution is -0.121. The van der Waals surface area contributed by atoms with Crippen molar-refractivity contribution in [2.24, 2.45) is 16.9 Å². The Bertz CT molecular complexity index is 870. The van der Waals surface area contributed by atoms with Crippen LogP contribution in [0.2, 0.25) is 0 Å². The quantitative estimate of drug-likeness (QED) is 0.840. The van der Waals surface area contributed by atoms with E-state index in [2.05, 4.69) is 5.10 Å². The molecule has 0 unspecified atom stereocenters. The molecular formula is C21H17N3O2. The van der Waals surface area contributed by atoms with E-state index in [1.165, 1.54) is 5.01 Å². The van der Waals surface area contributed by atoms with Crippen molar-refractivity contribution in [3.05, 3.63) is 72.4 Å². The molecule has 2 aromatic carbocycles. The molecule has 1 aliphatic carbocycles. The minimum Gasteiger partial charge on any atom is -0.287 e. The van der Waals surface area contributed by atoms with Gasteiger partial charge in [-0.2, -0.15) is 5.10 Å². The first-order valence-corrected chi connectivity index (χ1v) is 8.77. The van der Waals surface area contributed by atoms with Crippen LogP contribution in [0.25, 0.3) is 0 Å². The van der Waals surface area contributed by atoms with Crippen molar-refractivity contribution in [2.45, 2.75) is 12.8 Å². The summed E-state index contributed by atoms with van der Waals surface area (Å²) < 4.78 is 0. The van der Waals surface area contributed by atoms with E-state index >= 15 is 0 Å². The first-order valence-electron chi connectivity index (χ1n) is 8.77. The van der Waals surface area contributed by atoms with E-state index < -0.39 is 0 Å². The lowest BCUT2D eigenvalue weighted by atomic mass is 9.78. The molecule has 2 heterocycles. The van der Waals surface area contributed by atoms with Crippen molar-refractivity contribution in [1.82, 2.24) is 0 Å². The molecule has 2 amide bonds. The standard InChI is InChI=1S/C21H17N3O2/c25-20-17-12-19-18(21(26)24(22-19)16-9-5-2-6-10-16)11-14(17)13-23(20)15-7-3-1-4-8-15/h1-10,13,17-18H,11-12H2/t17-,18-/m1/s1. The summed E-state index contributed by atoms with van der Waals surface area (Å²) in [6, 6.07) is 19.1. The van der Waals surface area contributed by atoms with Gasteiger partial charge in [0.15, 0.2) is 0 Å². The molecule has 0 aromatic heterocycles. The van der Waals surface area contributed by atoms with E-state index in [4.69, 9.17) is 0 Å². The molecule has 0 saturated heterocycles. The smallest absolute Gasteiger partial charge is 0.256 e. The summed E-state index contributed by atoms with van der Waals surface area (Å²) in [4.78, 5) is 27.4. The lowest BCUT2D eigenvalue weighted by Crippen LogP contribution is -2.34. The van der Waals surface area contributed by atoms with Crippen molar-refractivity contribution < 1.29 is 9.59 Å². The van der Waals surface area contributed by atoms with Crippen LogP contribution in [0.3, 0.4) is 0 Å². The molecule has 2 aliphatic heterocycles. The number of hydrazone groups is 1. The zero-order valence-electron chi connectivity index (χ0n) is 14.1. The van der Waals surface area contributed by atoms with Gasteiger partial charge in [0.25, 0.3) is 5.91 Å². The highest BCUT2D eigenvalue weighted by atomic mass is 16.2. The third kappa shape index (κ3) is 2.20. The summed E-state index contributed by atoms with van der Waals surface area (Å²) in [6.07, 6.45) is 3.01. The van der Waals surface area contributed by atoms with Crippen LogP contribution in [0.15, 0.2) is 77.5 Å². The SMILES string of the molecule is O=C1[C@@H]2CC3=NN(c4ccccc4)C(=O)[C@@H]3CC2=CN1c1ccccc1. The van der Waals surface area contributed by atoms with Gasteiger partial charge in [-0.1, -0.05) is 36.4 Å². The first kappa shape index (κ1) is 15.1. The van der Waals surface area contributed by atoms with Crippen molar-refractivity contribution in [2.75, 3.05) is 9.91 Å². The highest BCUT2D eigenvalue weighted by molar-refractivity contribution is 6.18. The van der Waals surface area contributed by atoms with Gasteiger partial charge in [0.2, 0.25) is 5.91 Å². The number of rotatable bonds is 2. The number of carbonyl (C=O) groups excluding carboxylic acids is 2. The summed E-state index contributed by atoms with van der Waals surface area (Å²) in [5, 5.41) is 6.04. The van der Waals surface area contributed by atoms with Gasteiger partial charge in [-0.25, -0.2) is 5.01 Å². The number of hydrogen-bond donors (Lipinski definition) is 0. The minimum absolute atomic E-state index is 0.00356. The molecule has 0 bridgehead atoms. The predicted octanol–water partition coefficient (Wildman–Crippen LogP) is 3.35. The van der Waals surface area contributed by atoms with Crippen LogP contribution in [-0.2, 0) is 9.59 Å². The number of para-hydroxylation sites is 2. The molecule has 3 aliphatic rings. The maximum Gasteiger partial charge on any atom is 0.256 e. The summed E-state index contributed by atoms with van der Waals surface area (Å²) >= 11 is 0. The molecule has 2 atom stereocenters. The van der Waals surface area contributed by atoms with Crippen LogP contribution < -0.4 is 9.91 Å². The number of amides is 2. The van der Waals surface area contributed by atoms with Crippen LogP contribution in [0, 0.1) is 11.8 Å².